The van der Waals surface area contributed by atoms with Crippen molar-refractivity contribution in [3.8, 4) is 0 Å². The van der Waals surface area contributed by atoms with E-state index in [0.29, 0.717) is 11.5 Å². The summed E-state index contributed by atoms with van der Waals surface area (Å²) in [6, 6.07) is -3.01. The quantitative estimate of drug-likeness (QED) is 0.162. The molecule has 0 aliphatic carbocycles. The summed E-state index contributed by atoms with van der Waals surface area (Å²) in [6.07, 6.45) is 3.85. The molecule has 0 heterocycles. The maximum Gasteiger partial charge on any atom is 0.322 e. The van der Waals surface area contributed by atoms with Crippen molar-refractivity contribution < 1.29 is 34.2 Å². The second-order valence-electron chi connectivity index (χ2n) is 6.34. The van der Waals surface area contributed by atoms with Crippen LogP contribution in [-0.2, 0) is 24.0 Å². The monoisotopic (exact) mass is 466 g/mol. The number of carbonyl (C=O) groups is 5. The van der Waals surface area contributed by atoms with Gasteiger partial charge in [-0.15, -0.1) is 0 Å². The minimum atomic E-state index is -1.21. The van der Waals surface area contributed by atoms with E-state index in [9.17, 15) is 24.0 Å². The molecule has 0 fully saturated rings. The summed E-state index contributed by atoms with van der Waals surface area (Å²) in [7, 11) is 0. The van der Waals surface area contributed by atoms with E-state index in [4.69, 9.17) is 15.9 Å². The van der Waals surface area contributed by atoms with Gasteiger partial charge in [-0.1, -0.05) is 0 Å². The third kappa shape index (κ3) is 12.5. The fourth-order valence-corrected chi connectivity index (χ4v) is 3.20. The zero-order valence-corrected chi connectivity index (χ0v) is 18.6. The lowest BCUT2D eigenvalue weighted by Crippen LogP contribution is -2.56. The van der Waals surface area contributed by atoms with Crippen molar-refractivity contribution in [1.29, 1.82) is 0 Å². The number of carbonyl (C=O) groups excluding carboxylic acids is 3. The Morgan fingerprint density at radius 1 is 0.800 bits per heavy atom. The molecule has 0 bridgehead atoms. The Bertz CT molecular complexity index is 607. The fourth-order valence-electron chi connectivity index (χ4n) is 2.26. The van der Waals surface area contributed by atoms with Crippen LogP contribution in [0.3, 0.4) is 0 Å². The third-order valence-corrected chi connectivity index (χ3v) is 5.19. The van der Waals surface area contributed by atoms with Crippen molar-refractivity contribution in [3.05, 3.63) is 0 Å². The van der Waals surface area contributed by atoms with E-state index in [1.807, 2.05) is 12.5 Å². The van der Waals surface area contributed by atoms with Gasteiger partial charge in [-0.25, -0.2) is 0 Å². The van der Waals surface area contributed by atoms with Crippen molar-refractivity contribution in [2.75, 3.05) is 30.6 Å². The van der Waals surface area contributed by atoms with Gasteiger partial charge in [0.25, 0.3) is 0 Å². The van der Waals surface area contributed by atoms with Crippen molar-refractivity contribution in [2.45, 2.75) is 43.8 Å². The molecule has 0 saturated carbocycles. The van der Waals surface area contributed by atoms with Crippen LogP contribution in [0.2, 0.25) is 0 Å². The smallest absolute Gasteiger partial charge is 0.322 e. The molecule has 0 aliphatic heterocycles. The maximum atomic E-state index is 12.7. The van der Waals surface area contributed by atoms with E-state index in [0.717, 1.165) is 0 Å². The molecule has 0 aromatic carbocycles. The van der Waals surface area contributed by atoms with E-state index in [1.54, 1.807) is 0 Å². The van der Waals surface area contributed by atoms with Gasteiger partial charge >= 0.3 is 11.9 Å². The highest BCUT2D eigenvalue weighted by Gasteiger charge is 2.28. The van der Waals surface area contributed by atoms with E-state index in [1.165, 1.54) is 23.5 Å². The summed E-state index contributed by atoms with van der Waals surface area (Å²) in [4.78, 5) is 58.5. The van der Waals surface area contributed by atoms with Crippen LogP contribution >= 0.6 is 23.5 Å². The molecular formula is C17H30N4O7S2. The molecule has 0 rings (SSSR count). The molecule has 3 atom stereocenters. The van der Waals surface area contributed by atoms with Gasteiger partial charge in [0, 0.05) is 6.42 Å². The molecule has 0 radical (unpaired) electrons. The largest absolute Gasteiger partial charge is 0.481 e. The number of nitrogens with one attached hydrogen (secondary N) is 3. The van der Waals surface area contributed by atoms with Crippen molar-refractivity contribution in [2.24, 2.45) is 5.73 Å². The Kier molecular flexibility index (Phi) is 14.7. The van der Waals surface area contributed by atoms with Gasteiger partial charge in [0.15, 0.2) is 0 Å². The van der Waals surface area contributed by atoms with E-state index >= 15 is 0 Å². The molecule has 7 N–H and O–H groups in total. The predicted octanol–water partition coefficient (Wildman–Crippen LogP) is -1.14. The Hall–Kier alpha value is -1.99. The molecule has 3 amide bonds. The minimum Gasteiger partial charge on any atom is -0.481 e. The van der Waals surface area contributed by atoms with Crippen LogP contribution in [0.5, 0.6) is 0 Å². The molecule has 0 aromatic rings. The van der Waals surface area contributed by atoms with Crippen LogP contribution in [-0.4, -0.2) is 88.6 Å². The number of carboxylic acid groups (broad SMARTS) is 2. The number of hydrogen-bond donors (Lipinski definition) is 6. The zero-order chi connectivity index (χ0) is 23.1. The average molecular weight is 467 g/mol. The topological polar surface area (TPSA) is 188 Å². The highest BCUT2D eigenvalue weighted by molar-refractivity contribution is 7.98. The molecule has 0 saturated heterocycles. The first kappa shape index (κ1) is 28.0. The van der Waals surface area contributed by atoms with Gasteiger partial charge in [0.2, 0.25) is 17.7 Å². The SMILES string of the molecule is CSCCC(NC(=O)C(N)CCC(=O)O)C(=O)NC(CCSC)C(=O)NCC(=O)O. The van der Waals surface area contributed by atoms with Gasteiger partial charge in [0.05, 0.1) is 6.04 Å². The number of nitrogens with two attached hydrogens (primary N) is 1. The van der Waals surface area contributed by atoms with Gasteiger partial charge in [-0.2, -0.15) is 23.5 Å². The number of rotatable bonds is 16. The number of hydrogen-bond acceptors (Lipinski definition) is 8. The predicted molar refractivity (Wildman–Crippen MR) is 115 cm³/mol. The normalized spacial score (nSPS) is 13.6. The van der Waals surface area contributed by atoms with E-state index in [-0.39, 0.29) is 25.7 Å². The van der Waals surface area contributed by atoms with Gasteiger partial charge in [0.1, 0.15) is 18.6 Å². The average Bonchev–Trinajstić information content (AvgIpc) is 2.69. The molecule has 0 spiro atoms. The van der Waals surface area contributed by atoms with E-state index < -0.39 is 54.3 Å². The standard InChI is InChI=1S/C17H30N4O7S2/c1-29-7-5-11(16(27)19-9-14(24)25)21-17(28)12(6-8-30-2)20-15(26)10(18)3-4-13(22)23/h10-12H,3-9,18H2,1-2H3,(H,19,27)(H,20,26)(H,21,28)(H,22,23)(H,24,25). The Morgan fingerprint density at radius 3 is 1.77 bits per heavy atom. The molecule has 0 aliphatic rings. The Labute approximate surface area is 183 Å². The third-order valence-electron chi connectivity index (χ3n) is 3.91. The van der Waals surface area contributed by atoms with Crippen LogP contribution in [0.1, 0.15) is 25.7 Å². The summed E-state index contributed by atoms with van der Waals surface area (Å²) in [5, 5.41) is 24.7. The second-order valence-corrected chi connectivity index (χ2v) is 8.31. The minimum absolute atomic E-state index is 0.0774. The first-order valence-electron chi connectivity index (χ1n) is 9.17. The van der Waals surface area contributed by atoms with Crippen molar-refractivity contribution in [3.63, 3.8) is 0 Å². The summed E-state index contributed by atoms with van der Waals surface area (Å²) < 4.78 is 0. The fraction of sp³-hybridized carbons (Fsp3) is 0.706. The number of thioether (sulfide) groups is 2. The van der Waals surface area contributed by atoms with Crippen molar-refractivity contribution in [1.82, 2.24) is 16.0 Å². The van der Waals surface area contributed by atoms with Crippen LogP contribution in [0, 0.1) is 0 Å². The molecule has 11 nitrogen and oxygen atoms in total. The first-order valence-corrected chi connectivity index (χ1v) is 12.0. The van der Waals surface area contributed by atoms with Gasteiger partial charge in [-0.05, 0) is 43.3 Å². The Morgan fingerprint density at radius 2 is 1.30 bits per heavy atom. The zero-order valence-electron chi connectivity index (χ0n) is 17.0. The lowest BCUT2D eigenvalue weighted by atomic mass is 10.1. The second kappa shape index (κ2) is 15.8. The highest BCUT2D eigenvalue weighted by atomic mass is 32.2. The van der Waals surface area contributed by atoms with Crippen molar-refractivity contribution >= 4 is 53.2 Å². The number of carboxylic acids is 2. The number of aliphatic carboxylic acids is 2. The summed E-state index contributed by atoms with van der Waals surface area (Å²) in [5.74, 6) is -3.09. The molecule has 30 heavy (non-hydrogen) atoms. The van der Waals surface area contributed by atoms with E-state index in [2.05, 4.69) is 16.0 Å². The summed E-state index contributed by atoms with van der Waals surface area (Å²) in [5.41, 5.74) is 5.69. The van der Waals surface area contributed by atoms with Crippen LogP contribution in [0.15, 0.2) is 0 Å². The van der Waals surface area contributed by atoms with Crippen LogP contribution in [0.4, 0.5) is 0 Å². The molecule has 0 aromatic heterocycles. The van der Waals surface area contributed by atoms with Gasteiger partial charge in [-0.3, -0.25) is 24.0 Å². The first-order chi connectivity index (χ1) is 14.1. The van der Waals surface area contributed by atoms with Gasteiger partial charge < -0.3 is 31.9 Å². The molecule has 13 heteroatoms. The lowest BCUT2D eigenvalue weighted by Gasteiger charge is -2.24. The molecule has 3 unspecified atom stereocenters. The van der Waals surface area contributed by atoms with Crippen LogP contribution < -0.4 is 21.7 Å². The lowest BCUT2D eigenvalue weighted by molar-refractivity contribution is -0.139. The number of amides is 3. The highest BCUT2D eigenvalue weighted by Crippen LogP contribution is 2.06. The molecular weight excluding hydrogens is 436 g/mol. The molecule has 172 valence electrons. The maximum absolute atomic E-state index is 12.7. The Balaban J connectivity index is 5.11. The van der Waals surface area contributed by atoms with Crippen LogP contribution in [0.25, 0.3) is 0 Å². The summed E-state index contributed by atoms with van der Waals surface area (Å²) in [6.45, 7) is -0.574. The summed E-state index contributed by atoms with van der Waals surface area (Å²) >= 11 is 2.92.